The summed E-state index contributed by atoms with van der Waals surface area (Å²) in [7, 11) is 0. The first-order valence-corrected chi connectivity index (χ1v) is 10.1. The fraction of sp³-hybridized carbons (Fsp3) is 0.304. The lowest BCUT2D eigenvalue weighted by Crippen LogP contribution is -2.12. The highest BCUT2D eigenvalue weighted by molar-refractivity contribution is 6.04. The Morgan fingerprint density at radius 2 is 1.70 bits per heavy atom. The van der Waals surface area contributed by atoms with Gasteiger partial charge in [0, 0.05) is 5.56 Å². The number of anilines is 1. The number of ether oxygens (including phenoxy) is 3. The van der Waals surface area contributed by atoms with Crippen molar-refractivity contribution in [3.63, 3.8) is 0 Å². The molecule has 0 fully saturated rings. The van der Waals surface area contributed by atoms with E-state index in [1.165, 1.54) is 5.56 Å². The van der Waals surface area contributed by atoms with Crippen LogP contribution in [-0.2, 0) is 13.2 Å². The Hall–Kier alpha value is -3.48. The number of carbonyl (C=O) groups excluding carboxylic acids is 1. The van der Waals surface area contributed by atoms with Crippen LogP contribution in [-0.4, -0.2) is 28.9 Å². The summed E-state index contributed by atoms with van der Waals surface area (Å²) in [5.74, 6) is 1.68. The van der Waals surface area contributed by atoms with Crippen LogP contribution < -0.4 is 19.5 Å². The van der Waals surface area contributed by atoms with Crippen molar-refractivity contribution in [1.82, 2.24) is 9.78 Å². The smallest absolute Gasteiger partial charge is 0.255 e. The summed E-state index contributed by atoms with van der Waals surface area (Å²) in [6.45, 7) is 7.16. The van der Waals surface area contributed by atoms with Crippen LogP contribution >= 0.6 is 0 Å². The van der Waals surface area contributed by atoms with Crippen LogP contribution in [0, 0.1) is 0 Å². The highest BCUT2D eigenvalue weighted by atomic mass is 16.5. The van der Waals surface area contributed by atoms with Gasteiger partial charge >= 0.3 is 0 Å². The van der Waals surface area contributed by atoms with Crippen molar-refractivity contribution in [2.24, 2.45) is 0 Å². The van der Waals surface area contributed by atoms with Crippen molar-refractivity contribution in [3.05, 3.63) is 66.0 Å². The van der Waals surface area contributed by atoms with Gasteiger partial charge in [-0.2, -0.15) is 5.10 Å². The van der Waals surface area contributed by atoms with Gasteiger partial charge in [-0.3, -0.25) is 4.79 Å². The Morgan fingerprint density at radius 3 is 2.40 bits per heavy atom. The topological polar surface area (TPSA) is 74.6 Å². The van der Waals surface area contributed by atoms with Gasteiger partial charge in [0.2, 0.25) is 0 Å². The lowest BCUT2D eigenvalue weighted by atomic mass is 10.2. The second-order valence-corrected chi connectivity index (χ2v) is 6.52. The third-order valence-electron chi connectivity index (χ3n) is 4.39. The molecule has 0 saturated heterocycles. The first-order chi connectivity index (χ1) is 14.6. The minimum absolute atomic E-state index is 0.249. The average molecular weight is 409 g/mol. The van der Waals surface area contributed by atoms with Gasteiger partial charge in [0.25, 0.3) is 5.91 Å². The zero-order valence-electron chi connectivity index (χ0n) is 17.6. The van der Waals surface area contributed by atoms with Gasteiger partial charge < -0.3 is 19.5 Å². The van der Waals surface area contributed by atoms with E-state index in [4.69, 9.17) is 14.2 Å². The molecule has 7 nitrogen and oxygen atoms in total. The highest BCUT2D eigenvalue weighted by Crippen LogP contribution is 2.29. The van der Waals surface area contributed by atoms with E-state index in [-0.39, 0.29) is 12.6 Å². The molecule has 3 aromatic rings. The standard InChI is InChI=1S/C23H27N3O4/c1-4-17-7-10-20(11-8-17)30-16-26-15-19(14-24-26)25-23(27)18-9-12-21(28-5-2)22(13-18)29-6-3/h7-15H,4-6,16H2,1-3H3,(H,25,27). The Labute approximate surface area is 176 Å². The molecule has 1 N–H and O–H groups in total. The minimum atomic E-state index is -0.255. The molecule has 1 amide bonds. The zero-order chi connectivity index (χ0) is 21.3. The zero-order valence-corrected chi connectivity index (χ0v) is 17.6. The molecule has 0 saturated carbocycles. The largest absolute Gasteiger partial charge is 0.490 e. The lowest BCUT2D eigenvalue weighted by Gasteiger charge is -2.12. The van der Waals surface area contributed by atoms with Crippen LogP contribution in [0.5, 0.6) is 17.2 Å². The van der Waals surface area contributed by atoms with Gasteiger partial charge in [0.1, 0.15) is 5.75 Å². The molecule has 158 valence electrons. The maximum atomic E-state index is 12.6. The number of aryl methyl sites for hydroxylation is 1. The summed E-state index contributed by atoms with van der Waals surface area (Å²) >= 11 is 0. The Bertz CT molecular complexity index is 967. The molecule has 0 radical (unpaired) electrons. The summed E-state index contributed by atoms with van der Waals surface area (Å²) in [4.78, 5) is 12.6. The van der Waals surface area contributed by atoms with Gasteiger partial charge in [-0.25, -0.2) is 4.68 Å². The summed E-state index contributed by atoms with van der Waals surface area (Å²) in [6.07, 6.45) is 4.29. The average Bonchev–Trinajstić information content (AvgIpc) is 3.21. The third-order valence-corrected chi connectivity index (χ3v) is 4.39. The number of rotatable bonds is 10. The molecule has 0 aliphatic heterocycles. The Balaban J connectivity index is 1.60. The lowest BCUT2D eigenvalue weighted by molar-refractivity contribution is 0.102. The molecule has 7 heteroatoms. The van der Waals surface area contributed by atoms with E-state index in [9.17, 15) is 4.79 Å². The number of nitrogens with zero attached hydrogens (tertiary/aromatic N) is 2. The fourth-order valence-electron chi connectivity index (χ4n) is 2.86. The van der Waals surface area contributed by atoms with Crippen molar-refractivity contribution in [1.29, 1.82) is 0 Å². The van der Waals surface area contributed by atoms with E-state index in [0.717, 1.165) is 12.2 Å². The van der Waals surface area contributed by atoms with E-state index >= 15 is 0 Å². The predicted molar refractivity (Wildman–Crippen MR) is 115 cm³/mol. The SMILES string of the molecule is CCOc1ccc(C(=O)Nc2cnn(COc3ccc(CC)cc3)c2)cc1OCC. The van der Waals surface area contributed by atoms with Crippen molar-refractivity contribution in [3.8, 4) is 17.2 Å². The van der Waals surface area contributed by atoms with E-state index in [2.05, 4.69) is 17.3 Å². The number of benzene rings is 2. The van der Waals surface area contributed by atoms with Gasteiger partial charge in [-0.15, -0.1) is 0 Å². The molecule has 1 heterocycles. The van der Waals surface area contributed by atoms with E-state index in [1.54, 1.807) is 35.3 Å². The Kier molecular flexibility index (Phi) is 7.32. The quantitative estimate of drug-likeness (QED) is 0.532. The summed E-state index contributed by atoms with van der Waals surface area (Å²) in [5.41, 5.74) is 2.31. The first kappa shape index (κ1) is 21.2. The van der Waals surface area contributed by atoms with E-state index in [0.29, 0.717) is 36.0 Å². The van der Waals surface area contributed by atoms with Crippen LogP contribution in [0.3, 0.4) is 0 Å². The van der Waals surface area contributed by atoms with E-state index in [1.807, 2.05) is 38.1 Å². The number of nitrogens with one attached hydrogen (secondary N) is 1. The van der Waals surface area contributed by atoms with E-state index < -0.39 is 0 Å². The summed E-state index contributed by atoms with van der Waals surface area (Å²) in [5, 5.41) is 7.07. The van der Waals surface area contributed by atoms with Crippen molar-refractivity contribution in [2.45, 2.75) is 33.9 Å². The second-order valence-electron chi connectivity index (χ2n) is 6.52. The predicted octanol–water partition coefficient (Wildman–Crippen LogP) is 4.53. The summed E-state index contributed by atoms with van der Waals surface area (Å²) in [6, 6.07) is 13.1. The van der Waals surface area contributed by atoms with Crippen molar-refractivity contribution < 1.29 is 19.0 Å². The molecular formula is C23H27N3O4. The normalized spacial score (nSPS) is 10.5. The summed E-state index contributed by atoms with van der Waals surface area (Å²) < 4.78 is 18.5. The molecule has 0 bridgehead atoms. The monoisotopic (exact) mass is 409 g/mol. The maximum Gasteiger partial charge on any atom is 0.255 e. The minimum Gasteiger partial charge on any atom is -0.490 e. The number of aromatic nitrogens is 2. The van der Waals surface area contributed by atoms with Gasteiger partial charge in [0.05, 0.1) is 31.3 Å². The van der Waals surface area contributed by atoms with Gasteiger partial charge in [-0.1, -0.05) is 19.1 Å². The molecule has 0 aliphatic rings. The molecular weight excluding hydrogens is 382 g/mol. The highest BCUT2D eigenvalue weighted by Gasteiger charge is 2.12. The van der Waals surface area contributed by atoms with Crippen LogP contribution in [0.4, 0.5) is 5.69 Å². The van der Waals surface area contributed by atoms with Gasteiger partial charge in [-0.05, 0) is 56.2 Å². The fourth-order valence-corrected chi connectivity index (χ4v) is 2.86. The molecule has 0 spiro atoms. The molecule has 0 atom stereocenters. The second kappa shape index (κ2) is 10.3. The number of carbonyl (C=O) groups is 1. The molecule has 0 unspecified atom stereocenters. The molecule has 1 aromatic heterocycles. The van der Waals surface area contributed by atoms with Crippen LogP contribution in [0.25, 0.3) is 0 Å². The molecule has 2 aromatic carbocycles. The molecule has 0 aliphatic carbocycles. The molecule has 3 rings (SSSR count). The maximum absolute atomic E-state index is 12.6. The van der Waals surface area contributed by atoms with Crippen LogP contribution in [0.2, 0.25) is 0 Å². The van der Waals surface area contributed by atoms with Gasteiger partial charge in [0.15, 0.2) is 18.2 Å². The van der Waals surface area contributed by atoms with Crippen LogP contribution in [0.15, 0.2) is 54.9 Å². The van der Waals surface area contributed by atoms with Crippen molar-refractivity contribution >= 4 is 11.6 Å². The number of amides is 1. The number of hydrogen-bond acceptors (Lipinski definition) is 5. The Morgan fingerprint density at radius 1 is 0.967 bits per heavy atom. The van der Waals surface area contributed by atoms with Crippen molar-refractivity contribution in [2.75, 3.05) is 18.5 Å². The third kappa shape index (κ3) is 5.53. The number of hydrogen-bond donors (Lipinski definition) is 1. The first-order valence-electron chi connectivity index (χ1n) is 10.1. The van der Waals surface area contributed by atoms with Crippen LogP contribution in [0.1, 0.15) is 36.7 Å². The molecule has 30 heavy (non-hydrogen) atoms.